The van der Waals surface area contributed by atoms with Crippen molar-refractivity contribution in [2.45, 2.75) is 44.9 Å². The van der Waals surface area contributed by atoms with Gasteiger partial charge in [0.15, 0.2) is 0 Å². The molecular weight excluding hydrogens is 766 g/mol. The Kier molecular flexibility index (Phi) is 15.4. The molecule has 4 heterocycles. The number of carboxylic acid groups (broad SMARTS) is 1. The predicted molar refractivity (Wildman–Crippen MR) is 216 cm³/mol. The van der Waals surface area contributed by atoms with Crippen molar-refractivity contribution in [2.75, 3.05) is 79.7 Å². The lowest BCUT2D eigenvalue weighted by Crippen LogP contribution is -2.52. The van der Waals surface area contributed by atoms with Gasteiger partial charge >= 0.3 is 6.03 Å². The van der Waals surface area contributed by atoms with Gasteiger partial charge in [0.25, 0.3) is 17.9 Å². The highest BCUT2D eigenvalue weighted by molar-refractivity contribution is 6.06. The summed E-state index contributed by atoms with van der Waals surface area (Å²) in [6, 6.07) is 8.45. The van der Waals surface area contributed by atoms with Crippen LogP contribution in [0.3, 0.4) is 0 Å². The molecule has 18 heteroatoms. The number of hydrogen-bond acceptors (Lipinski definition) is 12. The molecule has 1 aromatic heterocycles. The third kappa shape index (κ3) is 10.6. The maximum absolute atomic E-state index is 13.3. The number of ether oxygens (including phenoxy) is 4. The number of nitrogens with one attached hydrogen (secondary N) is 3. The molecule has 4 N–H and O–H groups in total. The highest BCUT2D eigenvalue weighted by Gasteiger charge is 2.40. The zero-order valence-electron chi connectivity index (χ0n) is 34.1. The molecule has 1 atom stereocenters. The second kappa shape index (κ2) is 20.6. The Morgan fingerprint density at radius 1 is 0.932 bits per heavy atom. The number of benzene rings is 2. The summed E-state index contributed by atoms with van der Waals surface area (Å²) in [6.07, 6.45) is 2.88. The Balaban J connectivity index is 0.00000214. The lowest BCUT2D eigenvalue weighted by molar-refractivity contribution is -0.137. The molecule has 1 fully saturated rings. The number of amides is 5. The minimum Gasteiger partial charge on any atom is -0.496 e. The van der Waals surface area contributed by atoms with Crippen molar-refractivity contribution in [3.05, 3.63) is 74.7 Å². The number of urea groups is 1. The van der Waals surface area contributed by atoms with Gasteiger partial charge in [0.05, 0.1) is 52.8 Å². The van der Waals surface area contributed by atoms with Gasteiger partial charge in [-0.1, -0.05) is 6.07 Å². The van der Waals surface area contributed by atoms with E-state index < -0.39 is 11.9 Å². The summed E-state index contributed by atoms with van der Waals surface area (Å²) in [6.45, 7) is 3.51. The molecule has 5 amide bonds. The van der Waals surface area contributed by atoms with E-state index in [1.165, 1.54) is 4.90 Å². The molecule has 3 aromatic rings. The number of fused-ring (bicyclic) bond motifs is 2. The van der Waals surface area contributed by atoms with E-state index in [0.717, 1.165) is 33.5 Å². The first-order valence-electron chi connectivity index (χ1n) is 19.3. The highest BCUT2D eigenvalue weighted by Crippen LogP contribution is 2.38. The van der Waals surface area contributed by atoms with Crippen molar-refractivity contribution in [1.29, 1.82) is 0 Å². The normalized spacial score (nSPS) is 15.8. The smallest absolute Gasteiger partial charge is 0.317 e. The van der Waals surface area contributed by atoms with Gasteiger partial charge in [0.1, 0.15) is 17.5 Å². The monoisotopic (exact) mass is 819 g/mol. The number of rotatable bonds is 16. The van der Waals surface area contributed by atoms with Crippen molar-refractivity contribution in [2.24, 2.45) is 7.05 Å². The van der Waals surface area contributed by atoms with Crippen LogP contribution in [0.5, 0.6) is 11.5 Å². The lowest BCUT2D eigenvalue weighted by atomic mass is 9.91. The zero-order valence-corrected chi connectivity index (χ0v) is 34.1. The third-order valence-corrected chi connectivity index (χ3v) is 10.3. The van der Waals surface area contributed by atoms with Crippen LogP contribution in [0.25, 0.3) is 11.1 Å². The van der Waals surface area contributed by atoms with E-state index in [-0.39, 0.29) is 49.4 Å². The standard InChI is InChI=1S/C40H51N7O9.CH2O2/c1-44(2)21-31-34(53-4)19-25(20-35(31)54-5)28-22-45(3)38(50)30-23-46(14-11-26(28)30)40(52)42-13-16-56-18-17-55-15-12-41-32-8-6-7-27-29(32)24-47(39(27)51)33-9-10-36(48)43-37(33)49;2-1-3/h6-8,19-20,22,33,41H,9-18,21,23-24H2,1-5H3,(H,42,52)(H,43,48,49);1H,(H,2,3). The second-order valence-electron chi connectivity index (χ2n) is 14.4. The first-order valence-corrected chi connectivity index (χ1v) is 19.3. The lowest BCUT2D eigenvalue weighted by Gasteiger charge is -2.30. The number of pyridine rings is 1. The molecule has 1 saturated heterocycles. The van der Waals surface area contributed by atoms with Crippen molar-refractivity contribution >= 4 is 35.9 Å². The number of piperidine rings is 1. The van der Waals surface area contributed by atoms with Gasteiger partial charge in [-0.15, -0.1) is 0 Å². The number of aromatic nitrogens is 1. The maximum atomic E-state index is 13.3. The van der Waals surface area contributed by atoms with Gasteiger partial charge in [-0.3, -0.25) is 29.3 Å². The molecule has 6 rings (SSSR count). The molecular formula is C41H53N7O11. The topological polar surface area (TPSA) is 210 Å². The number of carbonyl (C=O) groups is 5. The number of carbonyl (C=O) groups excluding carboxylic acids is 4. The molecule has 0 aliphatic carbocycles. The molecule has 1 unspecified atom stereocenters. The number of hydrogen-bond donors (Lipinski definition) is 4. The number of nitrogens with zero attached hydrogens (tertiary/aromatic N) is 4. The number of aryl methyl sites for hydroxylation is 1. The van der Waals surface area contributed by atoms with E-state index in [9.17, 15) is 24.0 Å². The van der Waals surface area contributed by atoms with E-state index in [0.29, 0.717) is 88.1 Å². The van der Waals surface area contributed by atoms with E-state index in [2.05, 4.69) is 16.0 Å². The van der Waals surface area contributed by atoms with Gasteiger partial charge in [0, 0.05) is 80.3 Å². The first-order chi connectivity index (χ1) is 28.4. The van der Waals surface area contributed by atoms with Crippen molar-refractivity contribution < 1.29 is 48.0 Å². The van der Waals surface area contributed by atoms with E-state index >= 15 is 0 Å². The Labute approximate surface area is 342 Å². The van der Waals surface area contributed by atoms with Gasteiger partial charge in [0.2, 0.25) is 11.8 Å². The third-order valence-electron chi connectivity index (χ3n) is 10.3. The summed E-state index contributed by atoms with van der Waals surface area (Å²) in [5.74, 6) is 0.429. The Bertz CT molecular complexity index is 2060. The quantitative estimate of drug-likeness (QED) is 0.0925. The number of anilines is 1. The fourth-order valence-corrected chi connectivity index (χ4v) is 7.51. The van der Waals surface area contributed by atoms with Crippen LogP contribution < -0.4 is 31.0 Å². The summed E-state index contributed by atoms with van der Waals surface area (Å²) in [5.41, 5.74) is 6.24. The van der Waals surface area contributed by atoms with Crippen LogP contribution in [0, 0.1) is 0 Å². The summed E-state index contributed by atoms with van der Waals surface area (Å²) >= 11 is 0. The van der Waals surface area contributed by atoms with Crippen molar-refractivity contribution in [3.8, 4) is 22.6 Å². The Morgan fingerprint density at radius 3 is 2.25 bits per heavy atom. The molecule has 2 aromatic carbocycles. The Hall–Kier alpha value is -5.98. The summed E-state index contributed by atoms with van der Waals surface area (Å²) < 4.78 is 24.4. The van der Waals surface area contributed by atoms with Crippen LogP contribution >= 0.6 is 0 Å². The van der Waals surface area contributed by atoms with Crippen LogP contribution in [-0.4, -0.2) is 135 Å². The largest absolute Gasteiger partial charge is 0.496 e. The average Bonchev–Trinajstić information content (AvgIpc) is 3.55. The Morgan fingerprint density at radius 2 is 1.61 bits per heavy atom. The molecule has 0 spiro atoms. The molecule has 0 radical (unpaired) electrons. The minimum atomic E-state index is -0.664. The van der Waals surface area contributed by atoms with E-state index in [4.69, 9.17) is 28.8 Å². The maximum Gasteiger partial charge on any atom is 0.317 e. The van der Waals surface area contributed by atoms with Gasteiger partial charge in [-0.05, 0) is 62.3 Å². The molecule has 3 aliphatic rings. The molecule has 0 bridgehead atoms. The fraction of sp³-hybridized carbons (Fsp3) is 0.463. The van der Waals surface area contributed by atoms with Gasteiger partial charge in [-0.25, -0.2) is 4.79 Å². The second-order valence-corrected chi connectivity index (χ2v) is 14.4. The van der Waals surface area contributed by atoms with E-state index in [1.54, 1.807) is 42.9 Å². The predicted octanol–water partition coefficient (Wildman–Crippen LogP) is 1.81. The average molecular weight is 820 g/mol. The molecule has 3 aliphatic heterocycles. The minimum absolute atomic E-state index is 0.137. The number of methoxy groups -OCH3 is 2. The van der Waals surface area contributed by atoms with Gasteiger partial charge in [-0.2, -0.15) is 0 Å². The van der Waals surface area contributed by atoms with Crippen LogP contribution in [-0.2, 0) is 57.0 Å². The van der Waals surface area contributed by atoms with Crippen LogP contribution in [0.15, 0.2) is 41.3 Å². The van der Waals surface area contributed by atoms with Crippen LogP contribution in [0.2, 0.25) is 0 Å². The van der Waals surface area contributed by atoms with Crippen LogP contribution in [0.1, 0.15) is 45.5 Å². The summed E-state index contributed by atoms with van der Waals surface area (Å²) in [5, 5.41) is 15.4. The SMILES string of the molecule is COc1cc(-c2cn(C)c(=O)c3c2CCN(C(=O)NCCOCCOCCNc2cccc4c2CN(C2CCC(=O)NC2=O)C4=O)C3)cc(OC)c1CN(C)C.O=CO. The van der Waals surface area contributed by atoms with E-state index in [1.807, 2.05) is 43.4 Å². The zero-order chi connectivity index (χ0) is 42.6. The molecule has 0 saturated carbocycles. The summed E-state index contributed by atoms with van der Waals surface area (Å²) in [4.78, 5) is 77.0. The molecule has 18 nitrogen and oxygen atoms in total. The highest BCUT2D eigenvalue weighted by atomic mass is 16.5. The van der Waals surface area contributed by atoms with Crippen molar-refractivity contribution in [3.63, 3.8) is 0 Å². The molecule has 318 valence electrons. The van der Waals surface area contributed by atoms with Crippen LogP contribution in [0.4, 0.5) is 10.5 Å². The fourth-order valence-electron chi connectivity index (χ4n) is 7.51. The molecule has 59 heavy (non-hydrogen) atoms. The summed E-state index contributed by atoms with van der Waals surface area (Å²) in [7, 11) is 8.95. The number of imide groups is 1. The first kappa shape index (κ1) is 44.1. The van der Waals surface area contributed by atoms with Crippen molar-refractivity contribution in [1.82, 2.24) is 29.9 Å². The van der Waals surface area contributed by atoms with Gasteiger partial charge < -0.3 is 54.0 Å².